The lowest BCUT2D eigenvalue weighted by Gasteiger charge is -2.20. The van der Waals surface area contributed by atoms with Gasteiger partial charge in [-0.25, -0.2) is 9.37 Å². The summed E-state index contributed by atoms with van der Waals surface area (Å²) in [6.45, 7) is 2.21. The van der Waals surface area contributed by atoms with Gasteiger partial charge in [0.05, 0.1) is 5.69 Å². The highest BCUT2D eigenvalue weighted by atomic mass is 19.1. The Balaban J connectivity index is 1.83. The van der Waals surface area contributed by atoms with E-state index >= 15 is 0 Å². The van der Waals surface area contributed by atoms with Crippen LogP contribution in [-0.4, -0.2) is 9.55 Å². The second-order valence-electron chi connectivity index (χ2n) is 8.15. The minimum atomic E-state index is -0.254. The Morgan fingerprint density at radius 3 is 1.85 bits per heavy atom. The number of rotatable bonds is 6. The lowest BCUT2D eigenvalue weighted by molar-refractivity contribution is 0.628. The van der Waals surface area contributed by atoms with Gasteiger partial charge in [0.2, 0.25) is 0 Å². The molecule has 0 N–H and O–H groups in total. The summed E-state index contributed by atoms with van der Waals surface area (Å²) in [7, 11) is 0. The molecule has 0 radical (unpaired) electrons. The Kier molecular flexibility index (Phi) is 5.86. The minimum absolute atomic E-state index is 0.254. The van der Waals surface area contributed by atoms with Gasteiger partial charge < -0.3 is 0 Å². The van der Waals surface area contributed by atoms with Gasteiger partial charge in [-0.05, 0) is 59.5 Å². The van der Waals surface area contributed by atoms with Crippen LogP contribution >= 0.6 is 0 Å². The third-order valence-corrected chi connectivity index (χ3v) is 5.86. The number of aromatic nitrogens is 2. The molecule has 3 heteroatoms. The molecule has 0 unspecified atom stereocenters. The van der Waals surface area contributed by atoms with Crippen LogP contribution in [0.15, 0.2) is 109 Å². The van der Waals surface area contributed by atoms with Gasteiger partial charge in [0, 0.05) is 29.1 Å². The number of hydrogen-bond donors (Lipinski definition) is 0. The molecule has 0 saturated heterocycles. The van der Waals surface area contributed by atoms with Crippen LogP contribution in [-0.2, 0) is 6.42 Å². The van der Waals surface area contributed by atoms with Crippen molar-refractivity contribution in [1.82, 2.24) is 9.55 Å². The van der Waals surface area contributed by atoms with E-state index in [1.54, 1.807) is 12.1 Å². The van der Waals surface area contributed by atoms with Crippen LogP contribution in [0, 0.1) is 5.82 Å². The quantitative estimate of drug-likeness (QED) is 0.266. The Hall–Kier alpha value is -3.98. The molecule has 5 aromatic rings. The van der Waals surface area contributed by atoms with Crippen LogP contribution in [0.25, 0.3) is 39.3 Å². The number of nitrogens with zero attached hydrogens (tertiary/aromatic N) is 2. The summed E-state index contributed by atoms with van der Waals surface area (Å²) < 4.78 is 15.7. The standard InChI is InChI=1S/C30H25FN2/c1-2-9-22-20-27(23-10-5-3-6-11-23)29(28(21-22)24-12-7-4-8-13-24)33-19-18-32-30(33)25-14-16-26(31)17-15-25/h3-8,10-21H,2,9H2,1H3. The molecule has 5 rings (SSSR count). The molecule has 0 aliphatic rings. The molecule has 0 aliphatic heterocycles. The van der Waals surface area contributed by atoms with Crippen molar-refractivity contribution in [1.29, 1.82) is 0 Å². The first-order valence-corrected chi connectivity index (χ1v) is 11.3. The number of imidazole rings is 1. The first kappa shape index (κ1) is 20.9. The highest BCUT2D eigenvalue weighted by Crippen LogP contribution is 2.39. The van der Waals surface area contributed by atoms with Gasteiger partial charge in [-0.1, -0.05) is 74.0 Å². The zero-order chi connectivity index (χ0) is 22.6. The van der Waals surface area contributed by atoms with E-state index in [2.05, 4.69) is 77.1 Å². The summed E-state index contributed by atoms with van der Waals surface area (Å²) in [5.41, 5.74) is 7.87. The van der Waals surface area contributed by atoms with Crippen molar-refractivity contribution in [2.24, 2.45) is 0 Å². The van der Waals surface area contributed by atoms with Gasteiger partial charge in [-0.3, -0.25) is 4.57 Å². The molecule has 1 aromatic heterocycles. The van der Waals surface area contributed by atoms with E-state index in [0.29, 0.717) is 0 Å². The Labute approximate surface area is 194 Å². The van der Waals surface area contributed by atoms with Crippen molar-refractivity contribution in [2.75, 3.05) is 0 Å². The van der Waals surface area contributed by atoms with E-state index in [1.165, 1.54) is 17.7 Å². The third-order valence-electron chi connectivity index (χ3n) is 5.86. The van der Waals surface area contributed by atoms with E-state index in [0.717, 1.165) is 52.2 Å². The zero-order valence-corrected chi connectivity index (χ0v) is 18.6. The molecular weight excluding hydrogens is 407 g/mol. The predicted molar refractivity (Wildman–Crippen MR) is 134 cm³/mol. The summed E-state index contributed by atoms with van der Waals surface area (Å²) in [6.07, 6.45) is 5.89. The van der Waals surface area contributed by atoms with Crippen molar-refractivity contribution in [3.8, 4) is 39.3 Å². The summed E-state index contributed by atoms with van der Waals surface area (Å²) in [5.74, 6) is 0.531. The molecular formula is C30H25FN2. The molecule has 0 fully saturated rings. The van der Waals surface area contributed by atoms with Crippen molar-refractivity contribution in [3.05, 3.63) is 121 Å². The van der Waals surface area contributed by atoms with Crippen LogP contribution in [0.2, 0.25) is 0 Å². The smallest absolute Gasteiger partial charge is 0.144 e. The lowest BCUT2D eigenvalue weighted by atomic mass is 9.91. The van der Waals surface area contributed by atoms with E-state index in [9.17, 15) is 4.39 Å². The summed E-state index contributed by atoms with van der Waals surface area (Å²) in [5, 5.41) is 0. The van der Waals surface area contributed by atoms with E-state index in [1.807, 2.05) is 24.5 Å². The predicted octanol–water partition coefficient (Wildman–Crippen LogP) is 7.96. The summed E-state index contributed by atoms with van der Waals surface area (Å²) in [6, 6.07) is 32.1. The maximum Gasteiger partial charge on any atom is 0.144 e. The fourth-order valence-electron chi connectivity index (χ4n) is 4.36. The van der Waals surface area contributed by atoms with Crippen LogP contribution in [0.4, 0.5) is 4.39 Å². The molecule has 0 spiro atoms. The average Bonchev–Trinajstić information content (AvgIpc) is 3.35. The second-order valence-corrected chi connectivity index (χ2v) is 8.15. The maximum absolute atomic E-state index is 13.6. The maximum atomic E-state index is 13.6. The normalized spacial score (nSPS) is 11.0. The van der Waals surface area contributed by atoms with Crippen LogP contribution in [0.3, 0.4) is 0 Å². The zero-order valence-electron chi connectivity index (χ0n) is 18.6. The molecule has 0 atom stereocenters. The van der Waals surface area contributed by atoms with Gasteiger partial charge >= 0.3 is 0 Å². The van der Waals surface area contributed by atoms with Gasteiger partial charge in [-0.2, -0.15) is 0 Å². The van der Waals surface area contributed by atoms with E-state index in [-0.39, 0.29) is 5.82 Å². The van der Waals surface area contributed by atoms with Gasteiger partial charge in [-0.15, -0.1) is 0 Å². The monoisotopic (exact) mass is 432 g/mol. The summed E-state index contributed by atoms with van der Waals surface area (Å²) >= 11 is 0. The topological polar surface area (TPSA) is 17.8 Å². The number of benzene rings is 4. The summed E-state index contributed by atoms with van der Waals surface area (Å²) in [4.78, 5) is 4.66. The largest absolute Gasteiger partial charge is 0.299 e. The number of halogens is 1. The average molecular weight is 433 g/mol. The first-order valence-electron chi connectivity index (χ1n) is 11.3. The van der Waals surface area contributed by atoms with E-state index < -0.39 is 0 Å². The van der Waals surface area contributed by atoms with Gasteiger partial charge in [0.15, 0.2) is 0 Å². The molecule has 4 aromatic carbocycles. The number of hydrogen-bond acceptors (Lipinski definition) is 1. The number of aryl methyl sites for hydroxylation is 1. The molecule has 0 amide bonds. The van der Waals surface area contributed by atoms with Crippen molar-refractivity contribution in [2.45, 2.75) is 19.8 Å². The van der Waals surface area contributed by atoms with Gasteiger partial charge in [0.1, 0.15) is 11.6 Å². The van der Waals surface area contributed by atoms with Gasteiger partial charge in [0.25, 0.3) is 0 Å². The Bertz CT molecular complexity index is 1290. The van der Waals surface area contributed by atoms with E-state index in [4.69, 9.17) is 0 Å². The molecule has 162 valence electrons. The third kappa shape index (κ3) is 4.22. The van der Waals surface area contributed by atoms with Crippen LogP contribution < -0.4 is 0 Å². The Morgan fingerprint density at radius 1 is 0.727 bits per heavy atom. The highest BCUT2D eigenvalue weighted by molar-refractivity contribution is 5.87. The molecule has 0 aliphatic carbocycles. The van der Waals surface area contributed by atoms with Crippen molar-refractivity contribution in [3.63, 3.8) is 0 Å². The second kappa shape index (κ2) is 9.25. The molecule has 0 bridgehead atoms. The van der Waals surface area contributed by atoms with Crippen molar-refractivity contribution < 1.29 is 4.39 Å². The fourth-order valence-corrected chi connectivity index (χ4v) is 4.36. The molecule has 0 saturated carbocycles. The lowest BCUT2D eigenvalue weighted by Crippen LogP contribution is -2.03. The SMILES string of the molecule is CCCc1cc(-c2ccccc2)c(-n2ccnc2-c2ccc(F)cc2)c(-c2ccccc2)c1. The molecule has 1 heterocycles. The Morgan fingerprint density at radius 2 is 1.30 bits per heavy atom. The van der Waals surface area contributed by atoms with Crippen molar-refractivity contribution >= 4 is 0 Å². The van der Waals surface area contributed by atoms with Crippen LogP contribution in [0.1, 0.15) is 18.9 Å². The fraction of sp³-hybridized carbons (Fsp3) is 0.100. The first-order chi connectivity index (χ1) is 16.2. The van der Waals surface area contributed by atoms with Crippen LogP contribution in [0.5, 0.6) is 0 Å². The molecule has 33 heavy (non-hydrogen) atoms. The highest BCUT2D eigenvalue weighted by Gasteiger charge is 2.19. The minimum Gasteiger partial charge on any atom is -0.299 e. The molecule has 2 nitrogen and oxygen atoms in total.